The van der Waals surface area contributed by atoms with Crippen molar-refractivity contribution in [3.63, 3.8) is 0 Å². The molecule has 0 saturated carbocycles. The number of pyridine rings is 1. The first-order valence-corrected chi connectivity index (χ1v) is 20.7. The Bertz CT molecular complexity index is 3700. The first-order valence-electron chi connectivity index (χ1n) is 25.7. The summed E-state index contributed by atoms with van der Waals surface area (Å²) in [5.74, 6) is 1.93. The second kappa shape index (κ2) is 16.5. The maximum absolute atomic E-state index is 8.88. The molecule has 10 aromatic rings. The van der Waals surface area contributed by atoms with E-state index in [0.29, 0.717) is 28.6 Å². The molecule has 0 atom stereocenters. The number of nitrogens with one attached hydrogen (secondary N) is 2. The quantitative estimate of drug-likeness (QED) is 0.144. The van der Waals surface area contributed by atoms with Gasteiger partial charge in [0.25, 0.3) is 0 Å². The second-order valence-electron chi connectivity index (χ2n) is 16.4. The van der Waals surface area contributed by atoms with Crippen molar-refractivity contribution in [1.29, 1.82) is 0 Å². The minimum absolute atomic E-state index is 0.0534. The summed E-state index contributed by atoms with van der Waals surface area (Å²) in [6, 6.07) is 39.3. The van der Waals surface area contributed by atoms with E-state index < -0.39 is 60.4 Å². The molecule has 0 amide bonds. The molecule has 10 rings (SSSR count). The number of aromatic nitrogens is 2. The van der Waals surface area contributed by atoms with Crippen molar-refractivity contribution in [3.8, 4) is 50.7 Å². The average Bonchev–Trinajstić information content (AvgIpc) is 3.71. The average molecular weight is 827 g/mol. The highest BCUT2D eigenvalue weighted by atomic mass is 16.5. The van der Waals surface area contributed by atoms with Gasteiger partial charge in [0.2, 0.25) is 0 Å². The van der Waals surface area contributed by atoms with Gasteiger partial charge in [-0.05, 0) is 88.7 Å². The highest BCUT2D eigenvalue weighted by Gasteiger charge is 2.18. The standard InChI is InChI=1S/C58H48N4O/c1-39-35-56(59-38-51(39)42-29-31-43(32-30-42)58(2,3)4)62-54-28-14-11-23-49(54)50-34-33-46(37-55(50)62)63-45-22-15-21-44(36-45)60-52-26-12-13-27-53(52)61-57-47(40-17-7-5-8-18-40)24-16-25-48(57)41-19-9-6-10-20-41/h5-38,60-61H,1-4H3/i5D,6D,7D,8D,9D,10D,17D,18D,19D,20D. The monoisotopic (exact) mass is 826 g/mol. The van der Waals surface area contributed by atoms with Crippen LogP contribution in [0, 0.1) is 6.92 Å². The minimum atomic E-state index is -0.563. The molecule has 306 valence electrons. The van der Waals surface area contributed by atoms with Crippen molar-refractivity contribution in [1.82, 2.24) is 9.55 Å². The van der Waals surface area contributed by atoms with Gasteiger partial charge < -0.3 is 15.4 Å². The van der Waals surface area contributed by atoms with Crippen LogP contribution in [-0.4, -0.2) is 9.55 Å². The zero-order valence-corrected chi connectivity index (χ0v) is 35.2. The number of ether oxygens (including phenoxy) is 1. The lowest BCUT2D eigenvalue weighted by atomic mass is 9.86. The second-order valence-corrected chi connectivity index (χ2v) is 16.4. The van der Waals surface area contributed by atoms with E-state index in [9.17, 15) is 0 Å². The van der Waals surface area contributed by atoms with Crippen molar-refractivity contribution in [3.05, 3.63) is 217 Å². The van der Waals surface area contributed by atoms with Gasteiger partial charge in [-0.3, -0.25) is 4.57 Å². The third kappa shape index (κ3) is 7.93. The van der Waals surface area contributed by atoms with E-state index >= 15 is 0 Å². The number of rotatable bonds is 10. The molecular formula is C58H48N4O. The van der Waals surface area contributed by atoms with Gasteiger partial charge in [-0.2, -0.15) is 0 Å². The Labute approximate surface area is 383 Å². The van der Waals surface area contributed by atoms with Gasteiger partial charge in [-0.25, -0.2) is 4.98 Å². The van der Waals surface area contributed by atoms with Crippen LogP contribution in [0.1, 0.15) is 45.6 Å². The number of aryl methyl sites for hydroxylation is 1. The lowest BCUT2D eigenvalue weighted by Crippen LogP contribution is -2.10. The molecular weight excluding hydrogens is 769 g/mol. The maximum Gasteiger partial charge on any atom is 0.137 e. The van der Waals surface area contributed by atoms with Gasteiger partial charge >= 0.3 is 0 Å². The first kappa shape index (κ1) is 29.4. The van der Waals surface area contributed by atoms with Crippen molar-refractivity contribution in [2.24, 2.45) is 0 Å². The molecule has 0 aliphatic heterocycles. The van der Waals surface area contributed by atoms with Crippen molar-refractivity contribution in [2.75, 3.05) is 10.6 Å². The molecule has 8 aromatic carbocycles. The van der Waals surface area contributed by atoms with Gasteiger partial charge in [-0.15, -0.1) is 0 Å². The normalized spacial score (nSPS) is 13.7. The van der Waals surface area contributed by atoms with Crippen LogP contribution in [0.4, 0.5) is 22.7 Å². The van der Waals surface area contributed by atoms with E-state index in [1.807, 2.05) is 66.9 Å². The summed E-state index contributed by atoms with van der Waals surface area (Å²) in [6.07, 6.45) is 1.95. The molecule has 0 aliphatic carbocycles. The van der Waals surface area contributed by atoms with Gasteiger partial charge in [-0.1, -0.05) is 160 Å². The third-order valence-electron chi connectivity index (χ3n) is 11.2. The maximum atomic E-state index is 8.88. The molecule has 0 fully saturated rings. The summed E-state index contributed by atoms with van der Waals surface area (Å²) in [5.41, 5.74) is 8.44. The van der Waals surface area contributed by atoms with Crippen LogP contribution < -0.4 is 15.4 Å². The largest absolute Gasteiger partial charge is 0.457 e. The summed E-state index contributed by atoms with van der Waals surface area (Å²) in [5, 5.41) is 8.99. The van der Waals surface area contributed by atoms with Crippen molar-refractivity contribution >= 4 is 44.6 Å². The van der Waals surface area contributed by atoms with Gasteiger partial charge in [0.1, 0.15) is 17.3 Å². The van der Waals surface area contributed by atoms with E-state index in [0.717, 1.165) is 44.3 Å². The van der Waals surface area contributed by atoms with Crippen molar-refractivity contribution < 1.29 is 18.4 Å². The molecule has 5 heteroatoms. The third-order valence-corrected chi connectivity index (χ3v) is 11.2. The fourth-order valence-corrected chi connectivity index (χ4v) is 8.01. The summed E-state index contributed by atoms with van der Waals surface area (Å²) in [4.78, 5) is 5.04. The number of hydrogen-bond acceptors (Lipinski definition) is 4. The van der Waals surface area contributed by atoms with E-state index in [2.05, 4.69) is 91.4 Å². The van der Waals surface area contributed by atoms with Crippen LogP contribution in [0.3, 0.4) is 0 Å². The first-order chi connectivity index (χ1) is 34.9. The molecule has 0 unspecified atom stereocenters. The summed E-state index contributed by atoms with van der Waals surface area (Å²) < 4.78 is 94.7. The lowest BCUT2D eigenvalue weighted by Gasteiger charge is -2.20. The molecule has 2 aromatic heterocycles. The van der Waals surface area contributed by atoms with Gasteiger partial charge in [0.15, 0.2) is 0 Å². The fraction of sp³-hybridized carbons (Fsp3) is 0.0862. The van der Waals surface area contributed by atoms with E-state index in [1.54, 1.807) is 30.3 Å². The molecule has 0 radical (unpaired) electrons. The number of hydrogen-bond donors (Lipinski definition) is 2. The predicted molar refractivity (Wildman–Crippen MR) is 264 cm³/mol. The highest BCUT2D eigenvalue weighted by molar-refractivity contribution is 6.09. The Morgan fingerprint density at radius 3 is 1.84 bits per heavy atom. The Morgan fingerprint density at radius 1 is 0.540 bits per heavy atom. The molecule has 0 bridgehead atoms. The SMILES string of the molecule is [2H]c1c([2H])c([2H])c(-c2cccc(-c3c([2H])c([2H])c([2H])c([2H])c3[2H])c2Nc2ccccc2Nc2cccc(Oc3ccc4c5ccccc5n(-c5cc(C)c(-c6ccc(C(C)(C)C)cc6)cn5)c4c3)c2)c([2H])c1[2H]. The number of anilines is 4. The minimum Gasteiger partial charge on any atom is -0.457 e. The van der Waals surface area contributed by atoms with Crippen LogP contribution in [0.15, 0.2) is 206 Å². The molecule has 0 spiro atoms. The molecule has 2 heterocycles. The van der Waals surface area contributed by atoms with Gasteiger partial charge in [0, 0.05) is 51.5 Å². The summed E-state index contributed by atoms with van der Waals surface area (Å²) in [7, 11) is 0. The fourth-order valence-electron chi connectivity index (χ4n) is 8.01. The zero-order chi connectivity index (χ0) is 51.6. The van der Waals surface area contributed by atoms with Crippen LogP contribution in [0.5, 0.6) is 11.5 Å². The Kier molecular flexibility index (Phi) is 7.71. The van der Waals surface area contributed by atoms with Crippen molar-refractivity contribution in [2.45, 2.75) is 33.1 Å². The van der Waals surface area contributed by atoms with E-state index in [-0.39, 0.29) is 33.4 Å². The Hall–Kier alpha value is -7.89. The number of benzene rings is 8. The predicted octanol–water partition coefficient (Wildman–Crippen LogP) is 16.1. The molecule has 5 nitrogen and oxygen atoms in total. The van der Waals surface area contributed by atoms with Crippen LogP contribution in [-0.2, 0) is 5.41 Å². The zero-order valence-electron chi connectivity index (χ0n) is 45.2. The molecule has 0 saturated heterocycles. The Balaban J connectivity index is 0.997. The van der Waals surface area contributed by atoms with Gasteiger partial charge in [0.05, 0.1) is 41.8 Å². The van der Waals surface area contributed by atoms with Crippen LogP contribution in [0.25, 0.3) is 61.0 Å². The number of fused-ring (bicyclic) bond motifs is 3. The van der Waals surface area contributed by atoms with E-state index in [1.165, 1.54) is 5.56 Å². The van der Waals surface area contributed by atoms with Crippen LogP contribution in [0.2, 0.25) is 0 Å². The molecule has 63 heavy (non-hydrogen) atoms. The highest BCUT2D eigenvalue weighted by Crippen LogP contribution is 2.41. The Morgan fingerprint density at radius 2 is 1.16 bits per heavy atom. The molecule has 0 aliphatic rings. The lowest BCUT2D eigenvalue weighted by molar-refractivity contribution is 0.483. The number of nitrogens with zero attached hydrogens (tertiary/aromatic N) is 2. The van der Waals surface area contributed by atoms with E-state index in [4.69, 9.17) is 23.4 Å². The summed E-state index contributed by atoms with van der Waals surface area (Å²) >= 11 is 0. The number of para-hydroxylation sites is 4. The summed E-state index contributed by atoms with van der Waals surface area (Å²) in [6.45, 7) is 8.74. The molecule has 2 N–H and O–H groups in total. The van der Waals surface area contributed by atoms with Crippen LogP contribution >= 0.6 is 0 Å². The topological polar surface area (TPSA) is 51.1 Å². The smallest absolute Gasteiger partial charge is 0.137 e.